The molecule has 0 aliphatic carbocycles. The lowest BCUT2D eigenvalue weighted by Crippen LogP contribution is -2.50. The first-order valence-corrected chi connectivity index (χ1v) is 10.1. The van der Waals surface area contributed by atoms with Crippen LogP contribution in [-0.4, -0.2) is 61.3 Å². The highest BCUT2D eigenvalue weighted by Gasteiger charge is 2.35. The van der Waals surface area contributed by atoms with Gasteiger partial charge in [-0.1, -0.05) is 0 Å². The number of nitrogens with zero attached hydrogens (tertiary/aromatic N) is 2. The molecule has 9 heteroatoms. The molecule has 2 aliphatic heterocycles. The lowest BCUT2D eigenvalue weighted by molar-refractivity contribution is 0.0969. The van der Waals surface area contributed by atoms with Crippen molar-refractivity contribution in [2.45, 2.75) is 37.0 Å². The Morgan fingerprint density at radius 2 is 1.92 bits per heavy atom. The van der Waals surface area contributed by atoms with Crippen molar-refractivity contribution in [3.63, 3.8) is 0 Å². The summed E-state index contributed by atoms with van der Waals surface area (Å²) in [5, 5.41) is 5.29. The van der Waals surface area contributed by atoms with Crippen LogP contribution in [0.25, 0.3) is 0 Å². The third kappa shape index (κ3) is 4.68. The Balaban J connectivity index is 1.47. The summed E-state index contributed by atoms with van der Waals surface area (Å²) < 4.78 is 32.2. The number of sulfonamides is 1. The third-order valence-corrected chi connectivity index (χ3v) is 7.06. The van der Waals surface area contributed by atoms with E-state index in [1.807, 2.05) is 0 Å². The largest absolute Gasteiger partial charge is 0.381 e. The molecule has 2 fully saturated rings. The molecule has 1 aromatic heterocycles. The number of rotatable bonds is 4. The summed E-state index contributed by atoms with van der Waals surface area (Å²) in [5.41, 5.74) is 0.625. The number of piperidine rings is 1. The van der Waals surface area contributed by atoms with Gasteiger partial charge >= 0.3 is 6.03 Å². The maximum absolute atomic E-state index is 12.7. The quantitative estimate of drug-likeness (QED) is 0.831. The van der Waals surface area contributed by atoms with Crippen LogP contribution in [0.2, 0.25) is 0 Å². The van der Waals surface area contributed by atoms with E-state index in [2.05, 4.69) is 15.6 Å². The van der Waals surface area contributed by atoms with Gasteiger partial charge in [0.25, 0.3) is 0 Å². The van der Waals surface area contributed by atoms with E-state index >= 15 is 0 Å². The number of hydrogen-bond acceptors (Lipinski definition) is 5. The molecule has 3 heterocycles. The number of anilines is 1. The molecule has 2 amide bonds. The van der Waals surface area contributed by atoms with Gasteiger partial charge in [-0.2, -0.15) is 0 Å². The van der Waals surface area contributed by atoms with E-state index in [1.54, 1.807) is 28.8 Å². The standard InChI is InChI=1S/C16H24N4O4S/c21-16(19-14-2-1-7-17-12-14)18-13-3-8-20(9-4-13)25(22,23)15-5-10-24-11-6-15/h1-2,7,12-13,15H,3-6,8-11H2,(H2,18,19,21). The van der Waals surface area contributed by atoms with Crippen molar-refractivity contribution in [3.05, 3.63) is 24.5 Å². The summed E-state index contributed by atoms with van der Waals surface area (Å²) in [6, 6.07) is 3.18. The molecular formula is C16H24N4O4S. The molecule has 3 rings (SSSR count). The highest BCUT2D eigenvalue weighted by Crippen LogP contribution is 2.23. The van der Waals surface area contributed by atoms with Gasteiger partial charge in [0.1, 0.15) is 0 Å². The fourth-order valence-corrected chi connectivity index (χ4v) is 5.16. The summed E-state index contributed by atoms with van der Waals surface area (Å²) in [6.45, 7) is 1.90. The van der Waals surface area contributed by atoms with Gasteiger partial charge < -0.3 is 15.4 Å². The number of pyridine rings is 1. The van der Waals surface area contributed by atoms with Crippen LogP contribution in [0.15, 0.2) is 24.5 Å². The van der Waals surface area contributed by atoms with E-state index in [-0.39, 0.29) is 17.3 Å². The van der Waals surface area contributed by atoms with Crippen molar-refractivity contribution in [3.8, 4) is 0 Å². The van der Waals surface area contributed by atoms with E-state index in [0.29, 0.717) is 57.7 Å². The van der Waals surface area contributed by atoms with Crippen LogP contribution in [-0.2, 0) is 14.8 Å². The smallest absolute Gasteiger partial charge is 0.319 e. The fourth-order valence-electron chi connectivity index (χ4n) is 3.23. The van der Waals surface area contributed by atoms with Crippen molar-refractivity contribution in [1.29, 1.82) is 0 Å². The molecular weight excluding hydrogens is 344 g/mol. The van der Waals surface area contributed by atoms with E-state index in [1.165, 1.54) is 0 Å². The summed E-state index contributed by atoms with van der Waals surface area (Å²) in [6.07, 6.45) is 5.56. The summed E-state index contributed by atoms with van der Waals surface area (Å²) >= 11 is 0. The first kappa shape index (κ1) is 18.1. The number of hydrogen-bond donors (Lipinski definition) is 2. The molecule has 0 spiro atoms. The number of carbonyl (C=O) groups excluding carboxylic acids is 1. The predicted molar refractivity (Wildman–Crippen MR) is 93.7 cm³/mol. The van der Waals surface area contributed by atoms with Gasteiger partial charge in [0, 0.05) is 38.5 Å². The Morgan fingerprint density at radius 1 is 1.20 bits per heavy atom. The normalized spacial score (nSPS) is 21.0. The lowest BCUT2D eigenvalue weighted by Gasteiger charge is -2.35. The first-order valence-electron chi connectivity index (χ1n) is 8.60. The van der Waals surface area contributed by atoms with Gasteiger partial charge in [-0.3, -0.25) is 4.98 Å². The average molecular weight is 368 g/mol. The van der Waals surface area contributed by atoms with Gasteiger partial charge in [-0.05, 0) is 37.8 Å². The zero-order valence-corrected chi connectivity index (χ0v) is 14.9. The Kier molecular flexibility index (Phi) is 5.87. The van der Waals surface area contributed by atoms with Gasteiger partial charge in [-0.25, -0.2) is 17.5 Å². The number of carbonyl (C=O) groups is 1. The highest BCUT2D eigenvalue weighted by atomic mass is 32.2. The van der Waals surface area contributed by atoms with Crippen LogP contribution >= 0.6 is 0 Å². The van der Waals surface area contributed by atoms with Crippen LogP contribution in [0.3, 0.4) is 0 Å². The van der Waals surface area contributed by atoms with Crippen LogP contribution in [0.1, 0.15) is 25.7 Å². The molecule has 0 atom stereocenters. The topological polar surface area (TPSA) is 101 Å². The number of aromatic nitrogens is 1. The minimum absolute atomic E-state index is 0.0298. The second-order valence-electron chi connectivity index (χ2n) is 6.37. The fraction of sp³-hybridized carbons (Fsp3) is 0.625. The first-order chi connectivity index (χ1) is 12.1. The minimum Gasteiger partial charge on any atom is -0.381 e. The average Bonchev–Trinajstić information content (AvgIpc) is 2.63. The second kappa shape index (κ2) is 8.11. The molecule has 8 nitrogen and oxygen atoms in total. The van der Waals surface area contributed by atoms with Crippen molar-refractivity contribution in [1.82, 2.24) is 14.6 Å². The van der Waals surface area contributed by atoms with E-state index < -0.39 is 10.0 Å². The highest BCUT2D eigenvalue weighted by molar-refractivity contribution is 7.89. The van der Waals surface area contributed by atoms with Gasteiger partial charge in [0.15, 0.2) is 0 Å². The molecule has 2 N–H and O–H groups in total. The van der Waals surface area contributed by atoms with Crippen molar-refractivity contribution < 1.29 is 17.9 Å². The Bertz CT molecular complexity index is 669. The zero-order chi connectivity index (χ0) is 17.7. The second-order valence-corrected chi connectivity index (χ2v) is 8.58. The van der Waals surface area contributed by atoms with E-state index in [9.17, 15) is 13.2 Å². The molecule has 25 heavy (non-hydrogen) atoms. The zero-order valence-electron chi connectivity index (χ0n) is 14.1. The maximum Gasteiger partial charge on any atom is 0.319 e. The Labute approximate surface area is 148 Å². The minimum atomic E-state index is -3.27. The van der Waals surface area contributed by atoms with Gasteiger partial charge in [-0.15, -0.1) is 0 Å². The molecule has 0 bridgehead atoms. The molecule has 0 unspecified atom stereocenters. The molecule has 0 saturated carbocycles. The lowest BCUT2D eigenvalue weighted by atomic mass is 10.1. The third-order valence-electron chi connectivity index (χ3n) is 4.66. The summed E-state index contributed by atoms with van der Waals surface area (Å²) in [4.78, 5) is 16.0. The molecule has 2 aliphatic rings. The van der Waals surface area contributed by atoms with Crippen LogP contribution in [0.5, 0.6) is 0 Å². The number of nitrogens with one attached hydrogen (secondary N) is 2. The molecule has 2 saturated heterocycles. The number of amides is 2. The van der Waals surface area contributed by atoms with Crippen molar-refractivity contribution >= 4 is 21.7 Å². The van der Waals surface area contributed by atoms with Crippen LogP contribution in [0.4, 0.5) is 10.5 Å². The van der Waals surface area contributed by atoms with Crippen LogP contribution in [0, 0.1) is 0 Å². The molecule has 138 valence electrons. The number of ether oxygens (including phenoxy) is 1. The van der Waals surface area contributed by atoms with E-state index in [0.717, 1.165) is 0 Å². The molecule has 1 aromatic rings. The van der Waals surface area contributed by atoms with E-state index in [4.69, 9.17) is 4.74 Å². The predicted octanol–water partition coefficient (Wildman–Crippen LogP) is 1.18. The molecule has 0 aromatic carbocycles. The maximum atomic E-state index is 12.7. The summed E-state index contributed by atoms with van der Waals surface area (Å²) in [5.74, 6) is 0. The monoisotopic (exact) mass is 368 g/mol. The van der Waals surface area contributed by atoms with Crippen LogP contribution < -0.4 is 10.6 Å². The summed E-state index contributed by atoms with van der Waals surface area (Å²) in [7, 11) is -3.27. The van der Waals surface area contributed by atoms with Gasteiger partial charge in [0.2, 0.25) is 10.0 Å². The van der Waals surface area contributed by atoms with Crippen molar-refractivity contribution in [2.24, 2.45) is 0 Å². The SMILES string of the molecule is O=C(Nc1cccnc1)NC1CCN(S(=O)(=O)C2CCOCC2)CC1. The van der Waals surface area contributed by atoms with Crippen molar-refractivity contribution in [2.75, 3.05) is 31.6 Å². The van der Waals surface area contributed by atoms with Gasteiger partial charge in [0.05, 0.1) is 17.1 Å². The Hall–Kier alpha value is -1.71. The number of urea groups is 1. The molecule has 0 radical (unpaired) electrons. The Morgan fingerprint density at radius 3 is 2.56 bits per heavy atom.